The fourth-order valence-electron chi connectivity index (χ4n) is 1.42. The number of nitrogens with one attached hydrogen (secondary N) is 1. The molecule has 0 fully saturated rings. The van der Waals surface area contributed by atoms with E-state index in [0.29, 0.717) is 6.54 Å². The fraction of sp³-hybridized carbons (Fsp3) is 0.700. The second-order valence-electron chi connectivity index (χ2n) is 4.04. The quantitative estimate of drug-likeness (QED) is 0.750. The molecule has 0 aromatic carbocycles. The molecule has 17 heavy (non-hydrogen) atoms. The first-order chi connectivity index (χ1) is 8.04. The van der Waals surface area contributed by atoms with Crippen molar-refractivity contribution >= 4 is 22.4 Å². The molecule has 0 aliphatic carbocycles. The number of carbonyl (C=O) groups excluding carboxylic acids is 1. The molecule has 0 saturated heterocycles. The molecule has 96 valence electrons. The number of nitrogens with zero attached hydrogens (tertiary/aromatic N) is 3. The van der Waals surface area contributed by atoms with E-state index in [-0.39, 0.29) is 18.5 Å². The summed E-state index contributed by atoms with van der Waals surface area (Å²) < 4.78 is 3.92. The van der Waals surface area contributed by atoms with Gasteiger partial charge in [-0.1, -0.05) is 4.49 Å². The summed E-state index contributed by atoms with van der Waals surface area (Å²) in [6, 6.07) is 0.235. The first-order valence-electron chi connectivity index (χ1n) is 5.62. The van der Waals surface area contributed by atoms with Gasteiger partial charge in [0.1, 0.15) is 10.7 Å². The highest BCUT2D eigenvalue weighted by Crippen LogP contribution is 2.19. The zero-order chi connectivity index (χ0) is 12.8. The van der Waals surface area contributed by atoms with Gasteiger partial charge in [0.25, 0.3) is 0 Å². The number of carbonyl (C=O) groups is 1. The first kappa shape index (κ1) is 13.9. The number of rotatable bonds is 7. The summed E-state index contributed by atoms with van der Waals surface area (Å²) in [4.78, 5) is 13.0. The Morgan fingerprint density at radius 3 is 2.82 bits per heavy atom. The highest BCUT2D eigenvalue weighted by atomic mass is 32.1. The molecule has 1 aromatic heterocycles. The van der Waals surface area contributed by atoms with Crippen molar-refractivity contribution in [2.24, 2.45) is 5.73 Å². The lowest BCUT2D eigenvalue weighted by molar-refractivity contribution is -0.119. The zero-order valence-electron chi connectivity index (χ0n) is 10.4. The minimum Gasteiger partial charge on any atom is -0.374 e. The lowest BCUT2D eigenvalue weighted by Crippen LogP contribution is -2.38. The molecule has 3 N–H and O–H groups in total. The predicted molar refractivity (Wildman–Crippen MR) is 68.8 cm³/mol. The average molecular weight is 257 g/mol. The van der Waals surface area contributed by atoms with Gasteiger partial charge in [-0.05, 0) is 20.8 Å². The summed E-state index contributed by atoms with van der Waals surface area (Å²) in [6.07, 6.45) is 0. The number of anilines is 1. The average Bonchev–Trinajstić information content (AvgIpc) is 2.64. The Balaban J connectivity index is 2.71. The molecule has 0 radical (unpaired) electrons. The van der Waals surface area contributed by atoms with E-state index in [1.54, 1.807) is 0 Å². The number of nitrogens with two attached hydrogens (primary N) is 1. The molecule has 0 bridgehead atoms. The van der Waals surface area contributed by atoms with Gasteiger partial charge in [0.15, 0.2) is 0 Å². The van der Waals surface area contributed by atoms with Crippen LogP contribution in [0.1, 0.15) is 26.5 Å². The Labute approximate surface area is 105 Å². The molecule has 0 saturated carbocycles. The Bertz CT molecular complexity index is 365. The highest BCUT2D eigenvalue weighted by molar-refractivity contribution is 7.10. The smallest absolute Gasteiger partial charge is 0.231 e. The molecule has 1 heterocycles. The third-order valence-electron chi connectivity index (χ3n) is 2.34. The molecule has 1 aromatic rings. The van der Waals surface area contributed by atoms with Crippen LogP contribution in [0.3, 0.4) is 0 Å². The summed E-state index contributed by atoms with van der Waals surface area (Å²) in [6.45, 7) is 7.72. The minimum absolute atomic E-state index is 0.235. The van der Waals surface area contributed by atoms with Crippen molar-refractivity contribution in [2.45, 2.75) is 33.4 Å². The van der Waals surface area contributed by atoms with E-state index in [9.17, 15) is 4.79 Å². The monoisotopic (exact) mass is 257 g/mol. The molecule has 1 amide bonds. The zero-order valence-corrected chi connectivity index (χ0v) is 11.3. The summed E-state index contributed by atoms with van der Waals surface area (Å²) in [5, 5.41) is 8.24. The third kappa shape index (κ3) is 4.27. The number of primary amides is 1. The minimum atomic E-state index is -0.327. The lowest BCUT2D eigenvalue weighted by Gasteiger charge is -2.24. The van der Waals surface area contributed by atoms with Gasteiger partial charge >= 0.3 is 0 Å². The van der Waals surface area contributed by atoms with Crippen molar-refractivity contribution in [3.63, 3.8) is 0 Å². The van der Waals surface area contributed by atoms with Crippen LogP contribution >= 0.6 is 11.5 Å². The van der Waals surface area contributed by atoms with E-state index < -0.39 is 0 Å². The van der Waals surface area contributed by atoms with Crippen LogP contribution in [0.4, 0.5) is 5.00 Å². The van der Waals surface area contributed by atoms with E-state index in [4.69, 9.17) is 5.73 Å². The van der Waals surface area contributed by atoms with E-state index in [0.717, 1.165) is 17.2 Å². The molecular weight excluding hydrogens is 238 g/mol. The molecule has 7 heteroatoms. The van der Waals surface area contributed by atoms with Crippen LogP contribution < -0.4 is 11.1 Å². The molecule has 0 atom stereocenters. The summed E-state index contributed by atoms with van der Waals surface area (Å²) in [5.41, 5.74) is 6.09. The maximum atomic E-state index is 11.0. The van der Waals surface area contributed by atoms with Gasteiger partial charge in [-0.2, -0.15) is 0 Å². The number of hydrogen-bond donors (Lipinski definition) is 2. The van der Waals surface area contributed by atoms with Crippen molar-refractivity contribution < 1.29 is 4.79 Å². The van der Waals surface area contributed by atoms with E-state index in [1.165, 1.54) is 11.5 Å². The third-order valence-corrected chi connectivity index (χ3v) is 3.06. The standard InChI is InChI=1S/C10H19N5OS/c1-4-12-10-8(13-14-17-10)5-15(7(2)3)6-9(11)16/h7,12H,4-6H2,1-3H3,(H2,11,16). The maximum absolute atomic E-state index is 11.0. The second kappa shape index (κ2) is 6.51. The molecule has 0 aliphatic heterocycles. The van der Waals surface area contributed by atoms with Crippen LogP contribution in [0.2, 0.25) is 0 Å². The van der Waals surface area contributed by atoms with Gasteiger partial charge in [-0.25, -0.2) is 0 Å². The van der Waals surface area contributed by atoms with Crippen molar-refractivity contribution in [3.8, 4) is 0 Å². The van der Waals surface area contributed by atoms with Crippen LogP contribution in [-0.4, -0.2) is 39.5 Å². The maximum Gasteiger partial charge on any atom is 0.231 e. The summed E-state index contributed by atoms with van der Waals surface area (Å²) >= 11 is 1.33. The second-order valence-corrected chi connectivity index (χ2v) is 4.80. The number of hydrogen-bond acceptors (Lipinski definition) is 6. The van der Waals surface area contributed by atoms with Crippen LogP contribution in [0.15, 0.2) is 0 Å². The molecule has 0 aliphatic rings. The van der Waals surface area contributed by atoms with Gasteiger partial charge in [-0.3, -0.25) is 9.69 Å². The largest absolute Gasteiger partial charge is 0.374 e. The van der Waals surface area contributed by atoms with Crippen molar-refractivity contribution in [2.75, 3.05) is 18.4 Å². The van der Waals surface area contributed by atoms with Crippen LogP contribution in [0, 0.1) is 0 Å². The highest BCUT2D eigenvalue weighted by Gasteiger charge is 2.16. The van der Waals surface area contributed by atoms with Gasteiger partial charge in [0, 0.05) is 30.7 Å². The molecule has 0 spiro atoms. The SMILES string of the molecule is CCNc1snnc1CN(CC(N)=O)C(C)C. The van der Waals surface area contributed by atoms with Crippen molar-refractivity contribution in [3.05, 3.63) is 5.69 Å². The van der Waals surface area contributed by atoms with Gasteiger partial charge in [0.2, 0.25) is 5.91 Å². The van der Waals surface area contributed by atoms with Crippen LogP contribution in [0.25, 0.3) is 0 Å². The Kier molecular flexibility index (Phi) is 5.30. The Morgan fingerprint density at radius 1 is 1.59 bits per heavy atom. The predicted octanol–water partition coefficient (Wildman–Crippen LogP) is 0.666. The molecule has 1 rings (SSSR count). The fourth-order valence-corrected chi connectivity index (χ4v) is 2.06. The molecule has 6 nitrogen and oxygen atoms in total. The summed E-state index contributed by atoms with van der Waals surface area (Å²) in [5.74, 6) is -0.327. The lowest BCUT2D eigenvalue weighted by atomic mass is 10.3. The first-order valence-corrected chi connectivity index (χ1v) is 6.39. The molecule has 0 unspecified atom stereocenters. The van der Waals surface area contributed by atoms with E-state index in [2.05, 4.69) is 14.9 Å². The van der Waals surface area contributed by atoms with Gasteiger partial charge in [-0.15, -0.1) is 5.10 Å². The van der Waals surface area contributed by atoms with E-state index in [1.807, 2.05) is 25.7 Å². The summed E-state index contributed by atoms with van der Waals surface area (Å²) in [7, 11) is 0. The van der Waals surface area contributed by atoms with Gasteiger partial charge < -0.3 is 11.1 Å². The van der Waals surface area contributed by atoms with Gasteiger partial charge in [0.05, 0.1) is 6.54 Å². The van der Waals surface area contributed by atoms with Crippen molar-refractivity contribution in [1.29, 1.82) is 0 Å². The van der Waals surface area contributed by atoms with Crippen LogP contribution in [-0.2, 0) is 11.3 Å². The number of aromatic nitrogens is 2. The van der Waals surface area contributed by atoms with Crippen molar-refractivity contribution in [1.82, 2.24) is 14.5 Å². The normalized spacial score (nSPS) is 11.1. The Morgan fingerprint density at radius 2 is 2.29 bits per heavy atom. The Hall–Kier alpha value is -1.21. The number of amides is 1. The van der Waals surface area contributed by atoms with E-state index >= 15 is 0 Å². The topological polar surface area (TPSA) is 84.1 Å². The van der Waals surface area contributed by atoms with Crippen LogP contribution in [0.5, 0.6) is 0 Å². The molecular formula is C10H19N5OS.